The van der Waals surface area contributed by atoms with Gasteiger partial charge in [-0.25, -0.2) is 9.98 Å². The van der Waals surface area contributed by atoms with Crippen LogP contribution < -0.4 is 15.4 Å². The summed E-state index contributed by atoms with van der Waals surface area (Å²) in [7, 11) is 1.62. The molecule has 154 valence electrons. The lowest BCUT2D eigenvalue weighted by Gasteiger charge is -2.14. The zero-order chi connectivity index (χ0) is 19.6. The predicted octanol–water partition coefficient (Wildman–Crippen LogP) is 3.21. The number of halogens is 1. The number of hydrogen-bond acceptors (Lipinski definition) is 4. The van der Waals surface area contributed by atoms with E-state index >= 15 is 0 Å². The normalized spacial score (nSPS) is 10.9. The predicted molar refractivity (Wildman–Crippen MR) is 126 cm³/mol. The first-order valence-electron chi connectivity index (χ1n) is 9.34. The summed E-state index contributed by atoms with van der Waals surface area (Å²) in [6.45, 7) is 4.73. The van der Waals surface area contributed by atoms with Crippen molar-refractivity contribution in [1.82, 2.24) is 25.4 Å². The summed E-state index contributed by atoms with van der Waals surface area (Å²) in [4.78, 5) is 8.89. The van der Waals surface area contributed by atoms with Crippen LogP contribution in [0.25, 0.3) is 0 Å². The number of aliphatic imine (C=N–C) groups is 1. The minimum atomic E-state index is 0. The Morgan fingerprint density at radius 1 is 1.03 bits per heavy atom. The maximum atomic E-state index is 5.30. The Morgan fingerprint density at radius 3 is 2.55 bits per heavy atom. The maximum Gasteiger partial charge on any atom is 0.218 e. The van der Waals surface area contributed by atoms with Crippen molar-refractivity contribution in [1.29, 1.82) is 0 Å². The monoisotopic (exact) mass is 506 g/mol. The van der Waals surface area contributed by atoms with Gasteiger partial charge in [-0.15, -0.1) is 24.0 Å². The number of nitrogens with one attached hydrogen (secondary N) is 2. The van der Waals surface area contributed by atoms with Crippen LogP contribution in [0, 0.1) is 0 Å². The molecule has 2 heterocycles. The van der Waals surface area contributed by atoms with Crippen LogP contribution in [0.5, 0.6) is 5.88 Å². The summed E-state index contributed by atoms with van der Waals surface area (Å²) in [6.07, 6.45) is 5.48. The third-order valence-corrected chi connectivity index (χ3v) is 4.25. The topological polar surface area (TPSA) is 76.4 Å². The first kappa shape index (κ1) is 22.7. The summed E-state index contributed by atoms with van der Waals surface area (Å²) >= 11 is 0. The van der Waals surface area contributed by atoms with E-state index in [1.807, 2.05) is 42.1 Å². The first-order valence-corrected chi connectivity index (χ1v) is 9.34. The molecule has 7 nitrogen and oxygen atoms in total. The number of hydrogen-bond donors (Lipinski definition) is 2. The average molecular weight is 506 g/mol. The fourth-order valence-corrected chi connectivity index (χ4v) is 2.87. The molecule has 1 aromatic carbocycles. The van der Waals surface area contributed by atoms with E-state index in [9.17, 15) is 0 Å². The lowest BCUT2D eigenvalue weighted by atomic mass is 10.1. The standard InChI is InChI=1S/C21H26N6O.HI/c1-3-22-21(25-15-18-10-6-11-23-20(18)28-2)24-14-17-8-4-5-9-19(17)16-27-13-7-12-26-27;/h4-13H,3,14-16H2,1-2H3,(H2,22,24,25);1H. The van der Waals surface area contributed by atoms with E-state index in [1.165, 1.54) is 11.1 Å². The van der Waals surface area contributed by atoms with Gasteiger partial charge in [0.15, 0.2) is 5.96 Å². The number of benzene rings is 1. The number of nitrogens with zero attached hydrogens (tertiary/aromatic N) is 4. The van der Waals surface area contributed by atoms with E-state index < -0.39 is 0 Å². The molecule has 3 rings (SSSR count). The highest BCUT2D eigenvalue weighted by Gasteiger charge is 2.06. The second kappa shape index (κ2) is 12.1. The van der Waals surface area contributed by atoms with Crippen LogP contribution in [0.4, 0.5) is 0 Å². The average Bonchev–Trinajstić information content (AvgIpc) is 3.24. The summed E-state index contributed by atoms with van der Waals surface area (Å²) in [5.41, 5.74) is 3.38. The second-order valence-corrected chi connectivity index (χ2v) is 6.19. The molecule has 0 fully saturated rings. The van der Waals surface area contributed by atoms with Gasteiger partial charge in [-0.2, -0.15) is 5.10 Å². The number of methoxy groups -OCH3 is 1. The molecule has 0 amide bonds. The van der Waals surface area contributed by atoms with Crippen molar-refractivity contribution in [3.05, 3.63) is 77.7 Å². The second-order valence-electron chi connectivity index (χ2n) is 6.19. The summed E-state index contributed by atoms with van der Waals surface area (Å²) in [5.74, 6) is 1.36. The maximum absolute atomic E-state index is 5.30. The minimum absolute atomic E-state index is 0. The van der Waals surface area contributed by atoms with E-state index in [4.69, 9.17) is 4.74 Å². The van der Waals surface area contributed by atoms with Crippen molar-refractivity contribution >= 4 is 29.9 Å². The Morgan fingerprint density at radius 2 is 1.83 bits per heavy atom. The highest BCUT2D eigenvalue weighted by Crippen LogP contribution is 2.14. The zero-order valence-corrected chi connectivity index (χ0v) is 19.0. The van der Waals surface area contributed by atoms with Crippen LogP contribution in [-0.4, -0.2) is 34.4 Å². The van der Waals surface area contributed by atoms with Crippen LogP contribution in [0.15, 0.2) is 66.0 Å². The molecule has 0 spiro atoms. The number of aromatic nitrogens is 3. The Hall–Kier alpha value is -2.62. The van der Waals surface area contributed by atoms with E-state index in [1.54, 1.807) is 19.5 Å². The van der Waals surface area contributed by atoms with Gasteiger partial charge < -0.3 is 15.4 Å². The van der Waals surface area contributed by atoms with Crippen molar-refractivity contribution in [3.63, 3.8) is 0 Å². The van der Waals surface area contributed by atoms with Crippen LogP contribution in [0.3, 0.4) is 0 Å². The van der Waals surface area contributed by atoms with Gasteiger partial charge in [0.2, 0.25) is 5.88 Å². The molecule has 29 heavy (non-hydrogen) atoms. The van der Waals surface area contributed by atoms with Gasteiger partial charge >= 0.3 is 0 Å². The number of rotatable bonds is 8. The van der Waals surface area contributed by atoms with Gasteiger partial charge in [0.1, 0.15) is 0 Å². The third kappa shape index (κ3) is 6.74. The molecule has 3 aromatic rings. The van der Waals surface area contributed by atoms with Crippen molar-refractivity contribution in [2.24, 2.45) is 4.99 Å². The Labute approximate surface area is 188 Å². The smallest absolute Gasteiger partial charge is 0.218 e. The molecule has 0 saturated heterocycles. The molecular formula is C21H27IN6O. The van der Waals surface area contributed by atoms with Gasteiger partial charge in [0.05, 0.1) is 20.2 Å². The Kier molecular flexibility index (Phi) is 9.42. The quantitative estimate of drug-likeness (QED) is 0.279. The third-order valence-electron chi connectivity index (χ3n) is 4.25. The Balaban J connectivity index is 0.00000300. The van der Waals surface area contributed by atoms with Crippen molar-refractivity contribution in [2.75, 3.05) is 13.7 Å². The van der Waals surface area contributed by atoms with Crippen molar-refractivity contribution in [2.45, 2.75) is 26.6 Å². The summed E-state index contributed by atoms with van der Waals surface area (Å²) < 4.78 is 7.23. The summed E-state index contributed by atoms with van der Waals surface area (Å²) in [5, 5.41) is 11.0. The molecule has 8 heteroatoms. The highest BCUT2D eigenvalue weighted by molar-refractivity contribution is 14.0. The lowest BCUT2D eigenvalue weighted by molar-refractivity contribution is 0.392. The molecule has 0 saturated carbocycles. The molecule has 2 N–H and O–H groups in total. The van der Waals surface area contributed by atoms with Gasteiger partial charge in [0, 0.05) is 37.2 Å². The molecule has 0 bridgehead atoms. The summed E-state index contributed by atoms with van der Waals surface area (Å²) in [6, 6.07) is 14.1. The van der Waals surface area contributed by atoms with E-state index in [0.717, 1.165) is 24.6 Å². The molecule has 0 aliphatic heterocycles. The zero-order valence-electron chi connectivity index (χ0n) is 16.7. The van der Waals surface area contributed by atoms with Gasteiger partial charge in [-0.05, 0) is 30.2 Å². The van der Waals surface area contributed by atoms with Crippen molar-refractivity contribution in [3.8, 4) is 5.88 Å². The highest BCUT2D eigenvalue weighted by atomic mass is 127. The molecular weight excluding hydrogens is 479 g/mol. The van der Waals surface area contributed by atoms with E-state index in [0.29, 0.717) is 19.0 Å². The van der Waals surface area contributed by atoms with Crippen LogP contribution in [0.1, 0.15) is 23.6 Å². The molecule has 0 aliphatic rings. The molecule has 0 atom stereocenters. The fourth-order valence-electron chi connectivity index (χ4n) is 2.87. The van der Waals surface area contributed by atoms with Crippen LogP contribution in [0.2, 0.25) is 0 Å². The number of guanidine groups is 1. The van der Waals surface area contributed by atoms with Crippen LogP contribution in [-0.2, 0) is 19.6 Å². The van der Waals surface area contributed by atoms with Gasteiger partial charge in [0.25, 0.3) is 0 Å². The SMILES string of the molecule is CCNC(=NCc1cccnc1OC)NCc1ccccc1Cn1cccn1.I. The van der Waals surface area contributed by atoms with E-state index in [-0.39, 0.29) is 24.0 Å². The molecule has 0 radical (unpaired) electrons. The Bertz CT molecular complexity index is 898. The van der Waals surface area contributed by atoms with Crippen LogP contribution >= 0.6 is 24.0 Å². The molecule has 0 aliphatic carbocycles. The molecule has 2 aromatic heterocycles. The first-order chi connectivity index (χ1) is 13.8. The number of pyridine rings is 1. The molecule has 0 unspecified atom stereocenters. The van der Waals surface area contributed by atoms with E-state index in [2.05, 4.69) is 43.9 Å². The lowest BCUT2D eigenvalue weighted by Crippen LogP contribution is -2.37. The van der Waals surface area contributed by atoms with Gasteiger partial charge in [-0.1, -0.05) is 30.3 Å². The number of ether oxygens (including phenoxy) is 1. The van der Waals surface area contributed by atoms with Crippen molar-refractivity contribution < 1.29 is 4.74 Å². The van der Waals surface area contributed by atoms with Gasteiger partial charge in [-0.3, -0.25) is 4.68 Å². The minimum Gasteiger partial charge on any atom is -0.481 e. The largest absolute Gasteiger partial charge is 0.481 e. The fraction of sp³-hybridized carbons (Fsp3) is 0.286.